The molecule has 0 aromatic heterocycles. The number of ether oxygens (including phenoxy) is 2. The maximum absolute atomic E-state index is 5.86. The highest BCUT2D eigenvalue weighted by molar-refractivity contribution is 4.85. The second-order valence-electron chi connectivity index (χ2n) is 5.11. The Labute approximate surface area is 98.9 Å². The minimum absolute atomic E-state index is 0.497. The Morgan fingerprint density at radius 3 is 2.50 bits per heavy atom. The molecule has 2 aliphatic rings. The van der Waals surface area contributed by atoms with Crippen molar-refractivity contribution in [3.8, 4) is 0 Å². The number of rotatable bonds is 6. The van der Waals surface area contributed by atoms with Gasteiger partial charge in [-0.05, 0) is 25.7 Å². The summed E-state index contributed by atoms with van der Waals surface area (Å²) in [5.41, 5.74) is 0. The molecule has 0 aromatic carbocycles. The molecule has 0 saturated heterocycles. The zero-order chi connectivity index (χ0) is 11.2. The first-order valence-corrected chi connectivity index (χ1v) is 6.76. The molecule has 2 rings (SSSR count). The van der Waals surface area contributed by atoms with Crippen molar-refractivity contribution >= 4 is 0 Å². The summed E-state index contributed by atoms with van der Waals surface area (Å²) in [5.74, 6) is 0. The van der Waals surface area contributed by atoms with Crippen molar-refractivity contribution in [2.75, 3.05) is 20.3 Å². The molecule has 0 heterocycles. The number of hydrogen-bond donors (Lipinski definition) is 1. The van der Waals surface area contributed by atoms with Crippen LogP contribution in [0.5, 0.6) is 0 Å². The third-order valence-corrected chi connectivity index (χ3v) is 3.87. The summed E-state index contributed by atoms with van der Waals surface area (Å²) in [4.78, 5) is 0. The molecule has 0 aliphatic heterocycles. The van der Waals surface area contributed by atoms with Crippen molar-refractivity contribution in [2.45, 2.75) is 63.2 Å². The summed E-state index contributed by atoms with van der Waals surface area (Å²) in [6.45, 7) is 1.87. The highest BCUT2D eigenvalue weighted by Crippen LogP contribution is 2.22. The minimum Gasteiger partial charge on any atom is -0.381 e. The number of hydrogen-bond acceptors (Lipinski definition) is 3. The second kappa shape index (κ2) is 6.58. The molecule has 16 heavy (non-hydrogen) atoms. The summed E-state index contributed by atoms with van der Waals surface area (Å²) in [7, 11) is 1.80. The molecule has 0 aromatic rings. The van der Waals surface area contributed by atoms with E-state index in [0.717, 1.165) is 13.2 Å². The molecule has 1 N–H and O–H groups in total. The van der Waals surface area contributed by atoms with Crippen LogP contribution in [0.25, 0.3) is 0 Å². The Kier molecular flexibility index (Phi) is 5.07. The van der Waals surface area contributed by atoms with Crippen LogP contribution in [0.15, 0.2) is 0 Å². The van der Waals surface area contributed by atoms with Crippen molar-refractivity contribution in [2.24, 2.45) is 0 Å². The van der Waals surface area contributed by atoms with E-state index in [1.807, 2.05) is 0 Å². The maximum Gasteiger partial charge on any atom is 0.0601 e. The van der Waals surface area contributed by atoms with Crippen molar-refractivity contribution in [1.29, 1.82) is 0 Å². The van der Waals surface area contributed by atoms with Crippen LogP contribution in [0, 0.1) is 0 Å². The predicted octanol–water partition coefficient (Wildman–Crippen LogP) is 2.10. The Morgan fingerprint density at radius 2 is 1.81 bits per heavy atom. The number of methoxy groups -OCH3 is 1. The standard InChI is InChI=1S/C13H25NO2/c1-15-13-9-11(10-13)14-7-8-16-12-5-3-2-4-6-12/h11-14H,2-10H2,1H3. The summed E-state index contributed by atoms with van der Waals surface area (Å²) in [5, 5.41) is 3.52. The van der Waals surface area contributed by atoms with Crippen LogP contribution in [0.2, 0.25) is 0 Å². The zero-order valence-electron chi connectivity index (χ0n) is 10.4. The fraction of sp³-hybridized carbons (Fsp3) is 1.00. The van der Waals surface area contributed by atoms with Gasteiger partial charge in [-0.15, -0.1) is 0 Å². The van der Waals surface area contributed by atoms with Gasteiger partial charge in [-0.2, -0.15) is 0 Å². The van der Waals surface area contributed by atoms with E-state index in [4.69, 9.17) is 9.47 Å². The normalized spacial score (nSPS) is 31.3. The van der Waals surface area contributed by atoms with Gasteiger partial charge in [0.05, 0.1) is 18.8 Å². The average molecular weight is 227 g/mol. The maximum atomic E-state index is 5.86. The van der Waals surface area contributed by atoms with Gasteiger partial charge < -0.3 is 14.8 Å². The van der Waals surface area contributed by atoms with E-state index in [-0.39, 0.29) is 0 Å². The van der Waals surface area contributed by atoms with Gasteiger partial charge in [0, 0.05) is 19.7 Å². The summed E-state index contributed by atoms with van der Waals surface area (Å²) in [6, 6.07) is 0.667. The lowest BCUT2D eigenvalue weighted by Gasteiger charge is -2.35. The van der Waals surface area contributed by atoms with Crippen LogP contribution >= 0.6 is 0 Å². The fourth-order valence-corrected chi connectivity index (χ4v) is 2.65. The van der Waals surface area contributed by atoms with Crippen molar-refractivity contribution < 1.29 is 9.47 Å². The van der Waals surface area contributed by atoms with Gasteiger partial charge in [0.25, 0.3) is 0 Å². The third-order valence-electron chi connectivity index (χ3n) is 3.87. The van der Waals surface area contributed by atoms with E-state index in [2.05, 4.69) is 5.32 Å². The SMILES string of the molecule is COC1CC(NCCOC2CCCCC2)C1. The quantitative estimate of drug-likeness (QED) is 0.705. The lowest BCUT2D eigenvalue weighted by molar-refractivity contribution is 0.00554. The van der Waals surface area contributed by atoms with Gasteiger partial charge in [-0.3, -0.25) is 0 Å². The molecule has 2 aliphatic carbocycles. The van der Waals surface area contributed by atoms with Crippen LogP contribution in [-0.4, -0.2) is 38.5 Å². The summed E-state index contributed by atoms with van der Waals surface area (Å²) < 4.78 is 11.1. The van der Waals surface area contributed by atoms with Crippen molar-refractivity contribution in [3.05, 3.63) is 0 Å². The lowest BCUT2D eigenvalue weighted by Crippen LogP contribution is -2.46. The molecule has 2 saturated carbocycles. The highest BCUT2D eigenvalue weighted by atomic mass is 16.5. The molecule has 0 atom stereocenters. The van der Waals surface area contributed by atoms with Gasteiger partial charge in [-0.1, -0.05) is 19.3 Å². The van der Waals surface area contributed by atoms with Gasteiger partial charge in [0.1, 0.15) is 0 Å². The molecule has 0 radical (unpaired) electrons. The van der Waals surface area contributed by atoms with Crippen molar-refractivity contribution in [1.82, 2.24) is 5.32 Å². The van der Waals surface area contributed by atoms with E-state index in [9.17, 15) is 0 Å². The topological polar surface area (TPSA) is 30.5 Å². The highest BCUT2D eigenvalue weighted by Gasteiger charge is 2.28. The third kappa shape index (κ3) is 3.72. The van der Waals surface area contributed by atoms with Gasteiger partial charge in [0.2, 0.25) is 0 Å². The molecule has 0 spiro atoms. The van der Waals surface area contributed by atoms with Gasteiger partial charge >= 0.3 is 0 Å². The summed E-state index contributed by atoms with van der Waals surface area (Å²) >= 11 is 0. The van der Waals surface area contributed by atoms with Crippen LogP contribution in [0.3, 0.4) is 0 Å². The fourth-order valence-electron chi connectivity index (χ4n) is 2.65. The van der Waals surface area contributed by atoms with E-state index < -0.39 is 0 Å². The van der Waals surface area contributed by atoms with E-state index in [1.54, 1.807) is 7.11 Å². The van der Waals surface area contributed by atoms with Crippen molar-refractivity contribution in [3.63, 3.8) is 0 Å². The average Bonchev–Trinajstić information content (AvgIpc) is 2.28. The first-order chi connectivity index (χ1) is 7.88. The molecule has 0 amide bonds. The molecule has 0 unspecified atom stereocenters. The molecular formula is C13H25NO2. The second-order valence-corrected chi connectivity index (χ2v) is 5.11. The largest absolute Gasteiger partial charge is 0.381 e. The Bertz CT molecular complexity index is 186. The van der Waals surface area contributed by atoms with E-state index in [1.165, 1.54) is 44.9 Å². The smallest absolute Gasteiger partial charge is 0.0601 e. The molecule has 3 nitrogen and oxygen atoms in total. The van der Waals surface area contributed by atoms with Crippen LogP contribution in [0.4, 0.5) is 0 Å². The minimum atomic E-state index is 0.497. The van der Waals surface area contributed by atoms with Crippen LogP contribution in [0.1, 0.15) is 44.9 Å². The first kappa shape index (κ1) is 12.3. The molecule has 94 valence electrons. The first-order valence-electron chi connectivity index (χ1n) is 6.76. The van der Waals surface area contributed by atoms with E-state index >= 15 is 0 Å². The molecular weight excluding hydrogens is 202 g/mol. The molecule has 2 fully saturated rings. The van der Waals surface area contributed by atoms with Gasteiger partial charge in [0.15, 0.2) is 0 Å². The number of nitrogens with one attached hydrogen (secondary N) is 1. The molecule has 0 bridgehead atoms. The monoisotopic (exact) mass is 227 g/mol. The van der Waals surface area contributed by atoms with Gasteiger partial charge in [-0.25, -0.2) is 0 Å². The summed E-state index contributed by atoms with van der Waals surface area (Å²) in [6.07, 6.45) is 10.0. The zero-order valence-corrected chi connectivity index (χ0v) is 10.4. The van der Waals surface area contributed by atoms with E-state index in [0.29, 0.717) is 18.2 Å². The Morgan fingerprint density at radius 1 is 1.06 bits per heavy atom. The predicted molar refractivity (Wildman–Crippen MR) is 64.6 cm³/mol. The Balaban J connectivity index is 1.43. The molecule has 3 heteroatoms. The van der Waals surface area contributed by atoms with Crippen LogP contribution in [-0.2, 0) is 9.47 Å². The van der Waals surface area contributed by atoms with Crippen LogP contribution < -0.4 is 5.32 Å². The lowest BCUT2D eigenvalue weighted by atomic mass is 9.89. The Hall–Kier alpha value is -0.120.